The number of hydrogen-bond acceptors (Lipinski definition) is 6. The molecule has 1 aromatic heterocycles. The molecule has 11 heteroatoms. The van der Waals surface area contributed by atoms with Gasteiger partial charge in [-0.1, -0.05) is 0 Å². The quantitative estimate of drug-likeness (QED) is 0.283. The SMILES string of the molecule is O=C(NO)c1ccc(OCCNC(=O)c2cc3cc(OCC(F)(F)F)ccc3o2)cc1. The Kier molecular flexibility index (Phi) is 6.65. The summed E-state index contributed by atoms with van der Waals surface area (Å²) in [6, 6.07) is 11.5. The van der Waals surface area contributed by atoms with Crippen LogP contribution in [0.2, 0.25) is 0 Å². The first kappa shape index (κ1) is 22.0. The minimum absolute atomic E-state index is 0.00784. The van der Waals surface area contributed by atoms with Gasteiger partial charge in [-0.15, -0.1) is 0 Å². The van der Waals surface area contributed by atoms with E-state index in [-0.39, 0.29) is 30.2 Å². The molecule has 0 bridgehead atoms. The number of benzene rings is 2. The van der Waals surface area contributed by atoms with Crippen LogP contribution in [0.4, 0.5) is 13.2 Å². The summed E-state index contributed by atoms with van der Waals surface area (Å²) >= 11 is 0. The fourth-order valence-corrected chi connectivity index (χ4v) is 2.58. The zero-order chi connectivity index (χ0) is 22.4. The maximum atomic E-state index is 12.3. The van der Waals surface area contributed by atoms with Crippen molar-refractivity contribution in [2.75, 3.05) is 19.8 Å². The minimum atomic E-state index is -4.45. The zero-order valence-electron chi connectivity index (χ0n) is 15.9. The van der Waals surface area contributed by atoms with Crippen LogP contribution in [0.5, 0.6) is 11.5 Å². The molecule has 3 rings (SSSR count). The average molecular weight is 438 g/mol. The molecule has 0 saturated heterocycles. The molecule has 0 unspecified atom stereocenters. The van der Waals surface area contributed by atoms with Crippen molar-refractivity contribution in [1.29, 1.82) is 0 Å². The lowest BCUT2D eigenvalue weighted by Crippen LogP contribution is -2.27. The first-order valence-electron chi connectivity index (χ1n) is 8.94. The van der Waals surface area contributed by atoms with Crippen LogP contribution in [0.3, 0.4) is 0 Å². The molecular formula is C20H17F3N2O6. The van der Waals surface area contributed by atoms with Crippen LogP contribution >= 0.6 is 0 Å². The van der Waals surface area contributed by atoms with E-state index in [2.05, 4.69) is 10.1 Å². The van der Waals surface area contributed by atoms with Crippen molar-refractivity contribution in [1.82, 2.24) is 10.8 Å². The van der Waals surface area contributed by atoms with Gasteiger partial charge in [0.2, 0.25) is 0 Å². The van der Waals surface area contributed by atoms with Gasteiger partial charge in [0.1, 0.15) is 23.7 Å². The monoisotopic (exact) mass is 438 g/mol. The summed E-state index contributed by atoms with van der Waals surface area (Å²) in [5.41, 5.74) is 2.09. The van der Waals surface area contributed by atoms with Gasteiger partial charge in [-0.3, -0.25) is 14.8 Å². The summed E-state index contributed by atoms with van der Waals surface area (Å²) in [6.07, 6.45) is -4.45. The molecule has 3 N–H and O–H groups in total. The third-order valence-electron chi connectivity index (χ3n) is 3.99. The molecule has 0 aliphatic carbocycles. The van der Waals surface area contributed by atoms with E-state index in [0.29, 0.717) is 16.7 Å². The maximum absolute atomic E-state index is 12.3. The van der Waals surface area contributed by atoms with Gasteiger partial charge in [0, 0.05) is 10.9 Å². The van der Waals surface area contributed by atoms with E-state index in [1.165, 1.54) is 54.0 Å². The Balaban J connectivity index is 1.50. The van der Waals surface area contributed by atoms with Crippen LogP contribution in [0.25, 0.3) is 11.0 Å². The van der Waals surface area contributed by atoms with Crippen molar-refractivity contribution in [3.05, 3.63) is 59.9 Å². The molecule has 31 heavy (non-hydrogen) atoms. The van der Waals surface area contributed by atoms with E-state index in [1.807, 2.05) is 0 Å². The Labute approximate surface area is 173 Å². The van der Waals surface area contributed by atoms with Crippen molar-refractivity contribution in [2.45, 2.75) is 6.18 Å². The predicted octanol–water partition coefficient (Wildman–Crippen LogP) is 3.30. The lowest BCUT2D eigenvalue weighted by molar-refractivity contribution is -0.153. The number of furan rings is 1. The summed E-state index contributed by atoms with van der Waals surface area (Å²) < 4.78 is 52.3. The molecule has 0 spiro atoms. The average Bonchev–Trinajstić information content (AvgIpc) is 3.18. The molecule has 0 aliphatic rings. The molecule has 0 saturated carbocycles. The lowest BCUT2D eigenvalue weighted by atomic mass is 10.2. The first-order chi connectivity index (χ1) is 14.7. The number of nitrogens with one attached hydrogen (secondary N) is 2. The van der Waals surface area contributed by atoms with Crippen molar-refractivity contribution < 1.29 is 41.9 Å². The molecule has 2 amide bonds. The molecule has 2 aromatic carbocycles. The topological polar surface area (TPSA) is 110 Å². The van der Waals surface area contributed by atoms with Crippen molar-refractivity contribution in [3.63, 3.8) is 0 Å². The predicted molar refractivity (Wildman–Crippen MR) is 101 cm³/mol. The van der Waals surface area contributed by atoms with E-state index in [1.54, 1.807) is 0 Å². The number of halogens is 3. The van der Waals surface area contributed by atoms with Gasteiger partial charge in [0.05, 0.1) is 6.54 Å². The van der Waals surface area contributed by atoms with Crippen molar-refractivity contribution >= 4 is 22.8 Å². The van der Waals surface area contributed by atoms with Gasteiger partial charge in [-0.2, -0.15) is 13.2 Å². The second-order valence-electron chi connectivity index (χ2n) is 6.28. The lowest BCUT2D eigenvalue weighted by Gasteiger charge is -2.08. The second-order valence-corrected chi connectivity index (χ2v) is 6.28. The molecule has 0 fully saturated rings. The highest BCUT2D eigenvalue weighted by Gasteiger charge is 2.28. The number of amides is 2. The summed E-state index contributed by atoms with van der Waals surface area (Å²) in [7, 11) is 0. The fraction of sp³-hybridized carbons (Fsp3) is 0.200. The Morgan fingerprint density at radius 2 is 1.68 bits per heavy atom. The number of hydroxylamine groups is 1. The molecule has 0 aliphatic heterocycles. The zero-order valence-corrected chi connectivity index (χ0v) is 15.9. The van der Waals surface area contributed by atoms with Crippen LogP contribution in [0, 0.1) is 0 Å². The van der Waals surface area contributed by atoms with Gasteiger partial charge in [0.15, 0.2) is 12.4 Å². The van der Waals surface area contributed by atoms with Crippen molar-refractivity contribution in [3.8, 4) is 11.5 Å². The Morgan fingerprint density at radius 3 is 2.35 bits per heavy atom. The largest absolute Gasteiger partial charge is 0.492 e. The van der Waals surface area contributed by atoms with E-state index in [9.17, 15) is 22.8 Å². The van der Waals surface area contributed by atoms with Gasteiger partial charge in [0.25, 0.3) is 11.8 Å². The number of ether oxygens (including phenoxy) is 2. The molecule has 0 atom stereocenters. The third-order valence-corrected chi connectivity index (χ3v) is 3.99. The van der Waals surface area contributed by atoms with E-state index in [4.69, 9.17) is 14.4 Å². The molecule has 0 radical (unpaired) electrons. The highest BCUT2D eigenvalue weighted by molar-refractivity contribution is 5.96. The van der Waals surface area contributed by atoms with E-state index >= 15 is 0 Å². The summed E-state index contributed by atoms with van der Waals surface area (Å²) in [6.45, 7) is -1.14. The molecule has 164 valence electrons. The maximum Gasteiger partial charge on any atom is 0.422 e. The fourth-order valence-electron chi connectivity index (χ4n) is 2.58. The van der Waals surface area contributed by atoms with Gasteiger partial charge in [-0.25, -0.2) is 5.48 Å². The molecule has 8 nitrogen and oxygen atoms in total. The Morgan fingerprint density at radius 1 is 0.968 bits per heavy atom. The van der Waals surface area contributed by atoms with Crippen LogP contribution in [0.15, 0.2) is 52.9 Å². The Hall–Kier alpha value is -3.73. The minimum Gasteiger partial charge on any atom is -0.492 e. The standard InChI is InChI=1S/C20H17F3N2O6/c21-20(22,23)11-30-15-5-6-16-13(9-15)10-17(31-16)19(27)24-7-8-29-14-3-1-12(2-4-14)18(26)25-28/h1-6,9-10,28H,7-8,11H2,(H,24,27)(H,25,26). The number of fused-ring (bicyclic) bond motifs is 1. The summed E-state index contributed by atoms with van der Waals surface area (Å²) in [5, 5.41) is 11.6. The van der Waals surface area contributed by atoms with E-state index < -0.39 is 24.6 Å². The van der Waals surface area contributed by atoms with Crippen LogP contribution in [-0.4, -0.2) is 43.0 Å². The normalized spacial score (nSPS) is 11.2. The van der Waals surface area contributed by atoms with Crippen molar-refractivity contribution in [2.24, 2.45) is 0 Å². The highest BCUT2D eigenvalue weighted by atomic mass is 19.4. The number of hydrogen-bond donors (Lipinski definition) is 3. The second kappa shape index (κ2) is 9.39. The number of carbonyl (C=O) groups excluding carboxylic acids is 2. The van der Waals surface area contributed by atoms with E-state index in [0.717, 1.165) is 0 Å². The molecular weight excluding hydrogens is 421 g/mol. The van der Waals surface area contributed by atoms with Crippen LogP contribution in [-0.2, 0) is 0 Å². The van der Waals surface area contributed by atoms with Crippen LogP contribution < -0.4 is 20.3 Å². The molecule has 1 heterocycles. The smallest absolute Gasteiger partial charge is 0.422 e. The Bertz CT molecular complexity index is 1060. The number of alkyl halides is 3. The third kappa shape index (κ3) is 6.12. The van der Waals surface area contributed by atoms with Crippen LogP contribution in [0.1, 0.15) is 20.9 Å². The molecule has 3 aromatic rings. The van der Waals surface area contributed by atoms with Gasteiger partial charge in [-0.05, 0) is 48.5 Å². The first-order valence-corrected chi connectivity index (χ1v) is 8.94. The number of rotatable bonds is 8. The summed E-state index contributed by atoms with van der Waals surface area (Å²) in [5.74, 6) is -0.717. The van der Waals surface area contributed by atoms with Gasteiger partial charge < -0.3 is 19.2 Å². The highest BCUT2D eigenvalue weighted by Crippen LogP contribution is 2.26. The summed E-state index contributed by atoms with van der Waals surface area (Å²) in [4.78, 5) is 23.5. The van der Waals surface area contributed by atoms with Gasteiger partial charge >= 0.3 is 6.18 Å². The number of carbonyl (C=O) groups is 2.